The fourth-order valence-corrected chi connectivity index (χ4v) is 5.27. The number of benzene rings is 2. The maximum absolute atomic E-state index is 13.0. The van der Waals surface area contributed by atoms with Gasteiger partial charge < -0.3 is 4.74 Å². The topological polar surface area (TPSA) is 153 Å². The molecule has 0 fully saturated rings. The normalized spacial score (nSPS) is 13.1. The van der Waals surface area contributed by atoms with Gasteiger partial charge in [-0.05, 0) is 42.3 Å². The molecule has 0 saturated carbocycles. The highest BCUT2D eigenvalue weighted by Gasteiger charge is 2.31. The van der Waals surface area contributed by atoms with Crippen molar-refractivity contribution in [1.29, 1.82) is 0 Å². The van der Waals surface area contributed by atoms with Gasteiger partial charge >= 0.3 is 0 Å². The first-order valence-corrected chi connectivity index (χ1v) is 13.0. The third-order valence-electron chi connectivity index (χ3n) is 5.19. The van der Waals surface area contributed by atoms with E-state index < -0.39 is 38.5 Å². The Morgan fingerprint density at radius 1 is 1.23 bits per heavy atom. The quantitative estimate of drug-likeness (QED) is 0.288. The molecule has 0 bridgehead atoms. The van der Waals surface area contributed by atoms with Gasteiger partial charge in [-0.1, -0.05) is 43.2 Å². The van der Waals surface area contributed by atoms with Crippen LogP contribution in [0.2, 0.25) is 5.02 Å². The highest BCUT2D eigenvalue weighted by atomic mass is 35.5. The van der Waals surface area contributed by atoms with Gasteiger partial charge in [0.2, 0.25) is 21.1 Å². The van der Waals surface area contributed by atoms with Gasteiger partial charge in [0.05, 0.1) is 16.9 Å². The molecule has 11 nitrogen and oxygen atoms in total. The SMILES string of the molecule is CCC(C)C(NS(=O)(=O)c1ccc(Cl)c([N+](=O)[O-])c1)C(=O)Nc1nnc(-c2ccc(OC)cc2)s1. The molecule has 3 aromatic rings. The van der Waals surface area contributed by atoms with Crippen LogP contribution in [0, 0.1) is 16.0 Å². The first-order chi connectivity index (χ1) is 16.6. The number of anilines is 1. The number of nitro benzene ring substituents is 1. The summed E-state index contributed by atoms with van der Waals surface area (Å²) in [5.41, 5.74) is 0.214. The van der Waals surface area contributed by atoms with Gasteiger partial charge in [-0.3, -0.25) is 20.2 Å². The Balaban J connectivity index is 1.81. The van der Waals surface area contributed by atoms with E-state index in [1.807, 2.05) is 0 Å². The van der Waals surface area contributed by atoms with Crippen LogP contribution in [-0.2, 0) is 14.8 Å². The van der Waals surface area contributed by atoms with Gasteiger partial charge in [0.15, 0.2) is 0 Å². The fourth-order valence-electron chi connectivity index (χ4n) is 3.01. The molecule has 0 spiro atoms. The van der Waals surface area contributed by atoms with Crippen LogP contribution in [-0.4, -0.2) is 42.6 Å². The van der Waals surface area contributed by atoms with E-state index >= 15 is 0 Å². The number of carbonyl (C=O) groups excluding carboxylic acids is 1. The van der Waals surface area contributed by atoms with Gasteiger partial charge in [0.1, 0.15) is 21.8 Å². The number of nitro groups is 1. The van der Waals surface area contributed by atoms with Crippen LogP contribution in [0.1, 0.15) is 20.3 Å². The van der Waals surface area contributed by atoms with Crippen molar-refractivity contribution >= 4 is 49.7 Å². The van der Waals surface area contributed by atoms with Crippen LogP contribution in [0.5, 0.6) is 5.75 Å². The maximum atomic E-state index is 13.0. The largest absolute Gasteiger partial charge is 0.497 e. The Morgan fingerprint density at radius 3 is 2.51 bits per heavy atom. The second-order valence-electron chi connectivity index (χ2n) is 7.48. The van der Waals surface area contributed by atoms with E-state index in [9.17, 15) is 23.3 Å². The first-order valence-electron chi connectivity index (χ1n) is 10.3. The zero-order chi connectivity index (χ0) is 25.8. The number of amides is 1. The summed E-state index contributed by atoms with van der Waals surface area (Å²) >= 11 is 6.91. The summed E-state index contributed by atoms with van der Waals surface area (Å²) in [7, 11) is -2.73. The summed E-state index contributed by atoms with van der Waals surface area (Å²) in [5.74, 6) is -0.355. The van der Waals surface area contributed by atoms with Crippen LogP contribution in [0.15, 0.2) is 47.4 Å². The number of halogens is 1. The summed E-state index contributed by atoms with van der Waals surface area (Å²) in [6.07, 6.45) is 0.481. The van der Waals surface area contributed by atoms with E-state index in [1.54, 1.807) is 45.2 Å². The minimum absolute atomic E-state index is 0.190. The molecule has 1 amide bonds. The summed E-state index contributed by atoms with van der Waals surface area (Å²) in [6, 6.07) is 9.06. The second-order valence-corrected chi connectivity index (χ2v) is 10.6. The lowest BCUT2D eigenvalue weighted by molar-refractivity contribution is -0.384. The van der Waals surface area contributed by atoms with Crippen molar-refractivity contribution in [3.05, 3.63) is 57.6 Å². The summed E-state index contributed by atoms with van der Waals surface area (Å²) in [6.45, 7) is 3.51. The Hall–Kier alpha value is -3.13. The number of ether oxygens (including phenoxy) is 1. The average molecular weight is 540 g/mol. The van der Waals surface area contributed by atoms with Gasteiger partial charge in [-0.15, -0.1) is 10.2 Å². The molecule has 2 atom stereocenters. The molecule has 0 aliphatic heterocycles. The van der Waals surface area contributed by atoms with Crippen molar-refractivity contribution in [2.24, 2.45) is 5.92 Å². The number of nitrogens with one attached hydrogen (secondary N) is 2. The minimum Gasteiger partial charge on any atom is -0.497 e. The number of methoxy groups -OCH3 is 1. The molecule has 14 heteroatoms. The van der Waals surface area contributed by atoms with Crippen molar-refractivity contribution < 1.29 is 22.9 Å². The van der Waals surface area contributed by atoms with Gasteiger partial charge in [-0.25, -0.2) is 8.42 Å². The zero-order valence-corrected chi connectivity index (χ0v) is 21.3. The molecular weight excluding hydrogens is 518 g/mol. The molecule has 1 heterocycles. The Labute approximate surface area is 210 Å². The Bertz CT molecular complexity index is 1330. The minimum atomic E-state index is -4.29. The molecule has 3 rings (SSSR count). The van der Waals surface area contributed by atoms with Crippen molar-refractivity contribution in [2.75, 3.05) is 12.4 Å². The van der Waals surface area contributed by atoms with Crippen molar-refractivity contribution in [3.8, 4) is 16.3 Å². The molecule has 0 radical (unpaired) electrons. The number of hydrogen-bond acceptors (Lipinski definition) is 9. The molecule has 35 heavy (non-hydrogen) atoms. The van der Waals surface area contributed by atoms with Crippen LogP contribution in [0.25, 0.3) is 10.6 Å². The number of aromatic nitrogens is 2. The number of sulfonamides is 1. The average Bonchev–Trinajstić information content (AvgIpc) is 3.30. The molecule has 1 aromatic heterocycles. The summed E-state index contributed by atoms with van der Waals surface area (Å²) in [5, 5.41) is 22.4. The van der Waals surface area contributed by atoms with Crippen LogP contribution >= 0.6 is 22.9 Å². The number of carbonyl (C=O) groups is 1. The molecule has 186 valence electrons. The predicted octanol–water partition coefficient (Wildman–Crippen LogP) is 4.11. The lowest BCUT2D eigenvalue weighted by atomic mass is 9.99. The lowest BCUT2D eigenvalue weighted by Crippen LogP contribution is -2.47. The molecule has 2 unspecified atom stereocenters. The third kappa shape index (κ3) is 6.31. The molecule has 0 saturated heterocycles. The predicted molar refractivity (Wildman–Crippen MR) is 132 cm³/mol. The number of hydrogen-bond donors (Lipinski definition) is 2. The van der Waals surface area contributed by atoms with Crippen LogP contribution < -0.4 is 14.8 Å². The molecule has 2 N–H and O–H groups in total. The maximum Gasteiger partial charge on any atom is 0.289 e. The standard InChI is InChI=1S/C21H22ClN5O6S2/c1-4-12(2)18(26-35(31,32)15-9-10-16(22)17(11-15)27(29)30)19(28)23-21-25-24-20(34-21)13-5-7-14(33-3)8-6-13/h5-12,18,26H,4H2,1-3H3,(H,23,25,28). The van der Waals surface area contributed by atoms with Crippen molar-refractivity contribution in [1.82, 2.24) is 14.9 Å². The van der Waals surface area contributed by atoms with Gasteiger partial charge in [0.25, 0.3) is 5.69 Å². The van der Waals surface area contributed by atoms with Crippen LogP contribution in [0.3, 0.4) is 0 Å². The Kier molecular flexibility index (Phi) is 8.38. The number of nitrogens with zero attached hydrogens (tertiary/aromatic N) is 3. The summed E-state index contributed by atoms with van der Waals surface area (Å²) < 4.78 is 33.4. The van der Waals surface area contributed by atoms with Crippen molar-refractivity contribution in [3.63, 3.8) is 0 Å². The zero-order valence-electron chi connectivity index (χ0n) is 18.9. The van der Waals surface area contributed by atoms with E-state index in [4.69, 9.17) is 16.3 Å². The molecular formula is C21H22ClN5O6S2. The smallest absolute Gasteiger partial charge is 0.289 e. The van der Waals surface area contributed by atoms with Crippen molar-refractivity contribution in [2.45, 2.75) is 31.2 Å². The van der Waals surface area contributed by atoms with E-state index in [-0.39, 0.29) is 15.0 Å². The van der Waals surface area contributed by atoms with Crippen LogP contribution in [0.4, 0.5) is 10.8 Å². The fraction of sp³-hybridized carbons (Fsp3) is 0.286. The highest BCUT2D eigenvalue weighted by Crippen LogP contribution is 2.29. The lowest BCUT2D eigenvalue weighted by Gasteiger charge is -2.22. The highest BCUT2D eigenvalue weighted by molar-refractivity contribution is 7.89. The Morgan fingerprint density at radius 2 is 1.91 bits per heavy atom. The monoisotopic (exact) mass is 539 g/mol. The molecule has 0 aliphatic carbocycles. The number of rotatable bonds is 10. The van der Waals surface area contributed by atoms with Gasteiger partial charge in [0, 0.05) is 11.6 Å². The first kappa shape index (κ1) is 26.5. The van der Waals surface area contributed by atoms with E-state index in [0.29, 0.717) is 17.2 Å². The molecule has 2 aromatic carbocycles. The van der Waals surface area contributed by atoms with Gasteiger partial charge in [-0.2, -0.15) is 4.72 Å². The molecule has 0 aliphatic rings. The third-order valence-corrected chi connectivity index (χ3v) is 7.84. The van der Waals surface area contributed by atoms with E-state index in [1.165, 1.54) is 0 Å². The van der Waals surface area contributed by atoms with E-state index in [0.717, 1.165) is 35.1 Å². The summed E-state index contributed by atoms with van der Waals surface area (Å²) in [4.78, 5) is 23.0. The second kappa shape index (κ2) is 11.1. The van der Waals surface area contributed by atoms with E-state index in [2.05, 4.69) is 20.2 Å².